The van der Waals surface area contributed by atoms with E-state index in [1.54, 1.807) is 30.3 Å². The van der Waals surface area contributed by atoms with Gasteiger partial charge in [-0.2, -0.15) is 0 Å². The number of carbonyl (C=O) groups is 2. The number of rotatable bonds is 5. The first kappa shape index (κ1) is 17.2. The second-order valence-corrected chi connectivity index (χ2v) is 6.32. The van der Waals surface area contributed by atoms with Crippen molar-refractivity contribution in [2.45, 2.75) is 32.7 Å². The summed E-state index contributed by atoms with van der Waals surface area (Å²) in [7, 11) is 0. The summed E-state index contributed by atoms with van der Waals surface area (Å²) in [6, 6.07) is 10.5. The number of likely N-dealkylation sites (tertiary alicyclic amines) is 1. The van der Waals surface area contributed by atoms with Gasteiger partial charge in [-0.3, -0.25) is 14.5 Å². The van der Waals surface area contributed by atoms with Crippen LogP contribution in [-0.4, -0.2) is 29.8 Å². The lowest BCUT2D eigenvalue weighted by molar-refractivity contribution is -0.114. The van der Waals surface area contributed by atoms with Crippen LogP contribution in [-0.2, 0) is 11.3 Å². The van der Waals surface area contributed by atoms with E-state index in [1.165, 1.54) is 26.2 Å². The molecule has 2 aromatic rings. The third-order valence-corrected chi connectivity index (χ3v) is 4.18. The predicted molar refractivity (Wildman–Crippen MR) is 96.5 cm³/mol. The molecule has 0 spiro atoms. The van der Waals surface area contributed by atoms with Crippen molar-refractivity contribution in [1.82, 2.24) is 4.90 Å². The molecule has 1 saturated heterocycles. The van der Waals surface area contributed by atoms with Gasteiger partial charge in [0.1, 0.15) is 5.76 Å². The van der Waals surface area contributed by atoms with Gasteiger partial charge in [-0.05, 0) is 62.3 Å². The second-order valence-electron chi connectivity index (χ2n) is 6.32. The van der Waals surface area contributed by atoms with E-state index in [0.717, 1.165) is 25.4 Å². The summed E-state index contributed by atoms with van der Waals surface area (Å²) in [4.78, 5) is 25.7. The molecule has 6 nitrogen and oxygen atoms in total. The van der Waals surface area contributed by atoms with E-state index < -0.39 is 0 Å². The van der Waals surface area contributed by atoms with Crippen molar-refractivity contribution in [1.29, 1.82) is 0 Å². The number of anilines is 2. The summed E-state index contributed by atoms with van der Waals surface area (Å²) in [5, 5.41) is 5.48. The van der Waals surface area contributed by atoms with Crippen LogP contribution in [0, 0.1) is 0 Å². The maximum absolute atomic E-state index is 12.3. The highest BCUT2D eigenvalue weighted by molar-refractivity contribution is 6.02. The molecule has 6 heteroatoms. The second kappa shape index (κ2) is 7.98. The molecule has 132 valence electrons. The number of nitrogens with zero attached hydrogens (tertiary/aromatic N) is 1. The summed E-state index contributed by atoms with van der Waals surface area (Å²) in [5.41, 5.74) is 1.33. The van der Waals surface area contributed by atoms with Gasteiger partial charge in [0.2, 0.25) is 5.91 Å². The Hall–Kier alpha value is -2.60. The van der Waals surface area contributed by atoms with Crippen LogP contribution in [0.1, 0.15) is 42.5 Å². The van der Waals surface area contributed by atoms with Crippen LogP contribution >= 0.6 is 0 Å². The van der Waals surface area contributed by atoms with Gasteiger partial charge < -0.3 is 15.1 Å². The van der Waals surface area contributed by atoms with Crippen LogP contribution < -0.4 is 10.6 Å². The topological polar surface area (TPSA) is 74.6 Å². The van der Waals surface area contributed by atoms with Gasteiger partial charge in [0, 0.05) is 18.3 Å². The van der Waals surface area contributed by atoms with Crippen LogP contribution in [0.15, 0.2) is 40.8 Å². The average molecular weight is 341 g/mol. The van der Waals surface area contributed by atoms with Gasteiger partial charge in [-0.15, -0.1) is 0 Å². The molecule has 1 aromatic carbocycles. The Morgan fingerprint density at radius 1 is 0.960 bits per heavy atom. The molecular weight excluding hydrogens is 318 g/mol. The number of nitrogens with one attached hydrogen (secondary N) is 2. The van der Waals surface area contributed by atoms with Crippen LogP contribution in [0.25, 0.3) is 0 Å². The minimum absolute atomic E-state index is 0.131. The zero-order valence-electron chi connectivity index (χ0n) is 14.4. The first-order chi connectivity index (χ1) is 12.1. The van der Waals surface area contributed by atoms with Gasteiger partial charge in [0.05, 0.1) is 6.54 Å². The Balaban J connectivity index is 1.56. The first-order valence-corrected chi connectivity index (χ1v) is 8.60. The van der Waals surface area contributed by atoms with Gasteiger partial charge in [-0.25, -0.2) is 0 Å². The van der Waals surface area contributed by atoms with Gasteiger partial charge >= 0.3 is 0 Å². The quantitative estimate of drug-likeness (QED) is 0.873. The van der Waals surface area contributed by atoms with Crippen LogP contribution in [0.4, 0.5) is 11.4 Å². The zero-order valence-corrected chi connectivity index (χ0v) is 14.4. The Kier molecular flexibility index (Phi) is 5.50. The highest BCUT2D eigenvalue weighted by Crippen LogP contribution is 2.18. The zero-order chi connectivity index (χ0) is 17.6. The normalized spacial score (nSPS) is 14.9. The van der Waals surface area contributed by atoms with Crippen molar-refractivity contribution in [2.75, 3.05) is 23.7 Å². The number of benzene rings is 1. The average Bonchev–Trinajstić information content (AvgIpc) is 3.06. The molecule has 1 aliphatic rings. The minimum atomic E-state index is -0.280. The van der Waals surface area contributed by atoms with E-state index in [4.69, 9.17) is 4.42 Å². The Morgan fingerprint density at radius 2 is 1.60 bits per heavy atom. The Bertz CT molecular complexity index is 731. The SMILES string of the molecule is CC(=O)Nc1ccc(NC(=O)c2ccc(CN3CCCCC3)o2)cc1. The molecule has 0 bridgehead atoms. The smallest absolute Gasteiger partial charge is 0.291 e. The lowest BCUT2D eigenvalue weighted by atomic mass is 10.1. The molecule has 1 aliphatic heterocycles. The molecule has 0 aliphatic carbocycles. The summed E-state index contributed by atoms with van der Waals surface area (Å²) in [6.45, 7) is 4.37. The summed E-state index contributed by atoms with van der Waals surface area (Å²) in [6.07, 6.45) is 3.74. The van der Waals surface area contributed by atoms with E-state index in [1.807, 2.05) is 6.07 Å². The van der Waals surface area contributed by atoms with Crippen LogP contribution in [0.5, 0.6) is 0 Å². The number of furan rings is 1. The lowest BCUT2D eigenvalue weighted by Gasteiger charge is -2.25. The Morgan fingerprint density at radius 3 is 2.24 bits per heavy atom. The van der Waals surface area contributed by atoms with E-state index in [0.29, 0.717) is 17.1 Å². The summed E-state index contributed by atoms with van der Waals surface area (Å²) >= 11 is 0. The van der Waals surface area contributed by atoms with E-state index in [9.17, 15) is 9.59 Å². The van der Waals surface area contributed by atoms with Crippen LogP contribution in [0.3, 0.4) is 0 Å². The molecule has 0 radical (unpaired) electrons. The van der Waals surface area contributed by atoms with Crippen molar-refractivity contribution >= 4 is 23.2 Å². The number of carbonyl (C=O) groups excluding carboxylic acids is 2. The third-order valence-electron chi connectivity index (χ3n) is 4.18. The predicted octanol–water partition coefficient (Wildman–Crippen LogP) is 3.48. The highest BCUT2D eigenvalue weighted by atomic mass is 16.4. The fraction of sp³-hybridized carbons (Fsp3) is 0.368. The number of hydrogen-bond donors (Lipinski definition) is 2. The van der Waals surface area contributed by atoms with Crippen molar-refractivity contribution in [2.24, 2.45) is 0 Å². The molecule has 2 N–H and O–H groups in total. The monoisotopic (exact) mass is 341 g/mol. The lowest BCUT2D eigenvalue weighted by Crippen LogP contribution is -2.28. The van der Waals surface area contributed by atoms with Crippen molar-refractivity contribution < 1.29 is 14.0 Å². The van der Waals surface area contributed by atoms with Gasteiger partial charge in [-0.1, -0.05) is 6.42 Å². The molecule has 2 heterocycles. The third kappa shape index (κ3) is 4.93. The van der Waals surface area contributed by atoms with Gasteiger partial charge in [0.25, 0.3) is 5.91 Å². The molecule has 1 aromatic heterocycles. The van der Waals surface area contributed by atoms with Crippen molar-refractivity contribution in [3.05, 3.63) is 47.9 Å². The fourth-order valence-electron chi connectivity index (χ4n) is 2.96. The molecule has 2 amide bonds. The van der Waals surface area contributed by atoms with E-state index >= 15 is 0 Å². The number of amides is 2. The van der Waals surface area contributed by atoms with Crippen molar-refractivity contribution in [3.8, 4) is 0 Å². The molecule has 3 rings (SSSR count). The molecule has 0 unspecified atom stereocenters. The minimum Gasteiger partial charge on any atom is -0.455 e. The summed E-state index contributed by atoms with van der Waals surface area (Å²) in [5.74, 6) is 0.705. The highest BCUT2D eigenvalue weighted by Gasteiger charge is 2.15. The molecule has 0 saturated carbocycles. The van der Waals surface area contributed by atoms with Crippen LogP contribution in [0.2, 0.25) is 0 Å². The number of piperidine rings is 1. The molecule has 25 heavy (non-hydrogen) atoms. The first-order valence-electron chi connectivity index (χ1n) is 8.60. The number of hydrogen-bond acceptors (Lipinski definition) is 4. The standard InChI is InChI=1S/C19H23N3O3/c1-14(23)20-15-5-7-16(8-6-15)21-19(24)18-10-9-17(25-18)13-22-11-3-2-4-12-22/h5-10H,2-4,11-13H2,1H3,(H,20,23)(H,21,24). The maximum Gasteiger partial charge on any atom is 0.291 e. The van der Waals surface area contributed by atoms with E-state index in [-0.39, 0.29) is 11.8 Å². The van der Waals surface area contributed by atoms with Gasteiger partial charge in [0.15, 0.2) is 5.76 Å². The van der Waals surface area contributed by atoms with Crippen molar-refractivity contribution in [3.63, 3.8) is 0 Å². The van der Waals surface area contributed by atoms with E-state index in [2.05, 4.69) is 15.5 Å². The molecule has 0 atom stereocenters. The molecule has 1 fully saturated rings. The fourth-order valence-corrected chi connectivity index (χ4v) is 2.96. The largest absolute Gasteiger partial charge is 0.455 e. The maximum atomic E-state index is 12.3. The summed E-state index contributed by atoms with van der Waals surface area (Å²) < 4.78 is 5.69. The molecular formula is C19H23N3O3. The Labute approximate surface area is 147 Å².